The molecule has 0 saturated carbocycles. The summed E-state index contributed by atoms with van der Waals surface area (Å²) in [5.41, 5.74) is -0.388. The van der Waals surface area contributed by atoms with E-state index in [-0.39, 0.29) is 18.9 Å². The number of rotatable bonds is 7. The third kappa shape index (κ3) is 4.84. The molecule has 10 heteroatoms. The number of benzene rings is 1. The summed E-state index contributed by atoms with van der Waals surface area (Å²) in [6.07, 6.45) is 3.90. The number of hydrogen-bond donors (Lipinski definition) is 3. The average molecular weight is 442 g/mol. The SMILES string of the molecule is O=C(CC1(NC(=O)[C@@H]2CCCN2C(=O)OCc2ccccc2)CC=CO1)NC1CNC1=O. The summed E-state index contributed by atoms with van der Waals surface area (Å²) in [7, 11) is 0. The Morgan fingerprint density at radius 3 is 2.72 bits per heavy atom. The first-order valence-corrected chi connectivity index (χ1v) is 10.6. The van der Waals surface area contributed by atoms with E-state index < -0.39 is 35.7 Å². The summed E-state index contributed by atoms with van der Waals surface area (Å²) >= 11 is 0. The summed E-state index contributed by atoms with van der Waals surface area (Å²) < 4.78 is 11.0. The van der Waals surface area contributed by atoms with Gasteiger partial charge >= 0.3 is 6.09 Å². The molecule has 3 atom stereocenters. The van der Waals surface area contributed by atoms with E-state index in [4.69, 9.17) is 9.47 Å². The molecular formula is C22H26N4O6. The number of ether oxygens (including phenoxy) is 2. The zero-order valence-corrected chi connectivity index (χ0v) is 17.5. The fraction of sp³-hybridized carbons (Fsp3) is 0.455. The zero-order valence-electron chi connectivity index (χ0n) is 17.5. The van der Waals surface area contributed by atoms with Crippen LogP contribution in [0.3, 0.4) is 0 Å². The van der Waals surface area contributed by atoms with E-state index in [1.807, 2.05) is 30.3 Å². The number of carbonyl (C=O) groups is 4. The van der Waals surface area contributed by atoms with Crippen molar-refractivity contribution in [3.8, 4) is 0 Å². The highest BCUT2D eigenvalue weighted by molar-refractivity contribution is 5.92. The molecule has 2 fully saturated rings. The molecule has 0 aliphatic carbocycles. The van der Waals surface area contributed by atoms with E-state index in [0.717, 1.165) is 5.56 Å². The van der Waals surface area contributed by atoms with Gasteiger partial charge in [0.25, 0.3) is 0 Å². The predicted molar refractivity (Wildman–Crippen MR) is 112 cm³/mol. The average Bonchev–Trinajstić information content (AvgIpc) is 3.45. The van der Waals surface area contributed by atoms with Crippen LogP contribution in [0.15, 0.2) is 42.7 Å². The van der Waals surface area contributed by atoms with Crippen molar-refractivity contribution in [3.63, 3.8) is 0 Å². The van der Waals surface area contributed by atoms with Gasteiger partial charge in [-0.05, 0) is 24.5 Å². The molecule has 0 radical (unpaired) electrons. The third-order valence-corrected chi connectivity index (χ3v) is 5.76. The Morgan fingerprint density at radius 2 is 2.06 bits per heavy atom. The number of amides is 4. The van der Waals surface area contributed by atoms with Crippen molar-refractivity contribution < 1.29 is 28.7 Å². The van der Waals surface area contributed by atoms with Crippen molar-refractivity contribution in [1.82, 2.24) is 20.9 Å². The monoisotopic (exact) mass is 442 g/mol. The summed E-state index contributed by atoms with van der Waals surface area (Å²) in [5, 5.41) is 7.99. The maximum absolute atomic E-state index is 13.1. The molecule has 3 N–H and O–H groups in total. The highest BCUT2D eigenvalue weighted by Crippen LogP contribution is 2.27. The number of nitrogens with zero attached hydrogens (tertiary/aromatic N) is 1. The van der Waals surface area contributed by atoms with E-state index in [0.29, 0.717) is 32.4 Å². The number of nitrogens with one attached hydrogen (secondary N) is 3. The van der Waals surface area contributed by atoms with Crippen molar-refractivity contribution in [2.24, 2.45) is 0 Å². The zero-order chi connectivity index (χ0) is 22.6. The fourth-order valence-electron chi connectivity index (χ4n) is 3.98. The minimum atomic E-state index is -1.25. The normalized spacial score (nSPS) is 26.0. The summed E-state index contributed by atoms with van der Waals surface area (Å²) in [6.45, 7) is 0.913. The van der Waals surface area contributed by atoms with Gasteiger partial charge in [-0.25, -0.2) is 4.79 Å². The minimum Gasteiger partial charge on any atom is -0.475 e. The molecular weight excluding hydrogens is 416 g/mol. The predicted octanol–water partition coefficient (Wildman–Crippen LogP) is 0.539. The van der Waals surface area contributed by atoms with Crippen LogP contribution in [0.2, 0.25) is 0 Å². The van der Waals surface area contributed by atoms with E-state index >= 15 is 0 Å². The van der Waals surface area contributed by atoms with Crippen molar-refractivity contribution in [2.45, 2.75) is 50.1 Å². The Bertz CT molecular complexity index is 910. The lowest BCUT2D eigenvalue weighted by atomic mass is 10.0. The van der Waals surface area contributed by atoms with Crippen molar-refractivity contribution >= 4 is 23.8 Å². The Balaban J connectivity index is 1.34. The number of β-lactam (4-membered cyclic amide) rings is 1. The number of likely N-dealkylation sites (tertiary alicyclic amines) is 1. The molecule has 3 aliphatic heterocycles. The minimum absolute atomic E-state index is 0.121. The molecule has 4 rings (SSSR count). The Hall–Kier alpha value is -3.56. The molecule has 170 valence electrons. The molecule has 3 aliphatic rings. The molecule has 4 amide bonds. The smallest absolute Gasteiger partial charge is 0.410 e. The van der Waals surface area contributed by atoms with Crippen LogP contribution in [0.4, 0.5) is 4.79 Å². The van der Waals surface area contributed by atoms with Gasteiger partial charge < -0.3 is 25.4 Å². The Labute approximate surface area is 185 Å². The largest absolute Gasteiger partial charge is 0.475 e. The van der Waals surface area contributed by atoms with E-state index in [1.54, 1.807) is 6.08 Å². The number of carbonyl (C=O) groups excluding carboxylic acids is 4. The molecule has 1 aromatic carbocycles. The lowest BCUT2D eigenvalue weighted by Crippen LogP contribution is -2.63. The topological polar surface area (TPSA) is 126 Å². The van der Waals surface area contributed by atoms with Gasteiger partial charge in [-0.2, -0.15) is 0 Å². The highest BCUT2D eigenvalue weighted by Gasteiger charge is 2.43. The van der Waals surface area contributed by atoms with Gasteiger partial charge in [-0.1, -0.05) is 30.3 Å². The maximum atomic E-state index is 13.1. The molecule has 1 aromatic rings. The van der Waals surface area contributed by atoms with Gasteiger partial charge in [0.1, 0.15) is 18.7 Å². The third-order valence-electron chi connectivity index (χ3n) is 5.76. The van der Waals surface area contributed by atoms with Crippen LogP contribution in [0.1, 0.15) is 31.2 Å². The summed E-state index contributed by atoms with van der Waals surface area (Å²) in [5.74, 6) is -1.05. The fourth-order valence-corrected chi connectivity index (χ4v) is 3.98. The van der Waals surface area contributed by atoms with Crippen LogP contribution in [0.25, 0.3) is 0 Å². The van der Waals surface area contributed by atoms with Gasteiger partial charge in [0.2, 0.25) is 17.7 Å². The second-order valence-electron chi connectivity index (χ2n) is 8.11. The first kappa shape index (κ1) is 21.7. The second-order valence-corrected chi connectivity index (χ2v) is 8.11. The van der Waals surface area contributed by atoms with Gasteiger partial charge in [0.15, 0.2) is 5.72 Å². The molecule has 0 aromatic heterocycles. The molecule has 2 unspecified atom stereocenters. The van der Waals surface area contributed by atoms with Crippen molar-refractivity contribution in [1.29, 1.82) is 0 Å². The Kier molecular flexibility index (Phi) is 6.29. The second kappa shape index (κ2) is 9.29. The van der Waals surface area contributed by atoms with Gasteiger partial charge in [0, 0.05) is 19.5 Å². The highest BCUT2D eigenvalue weighted by atomic mass is 16.6. The molecule has 10 nitrogen and oxygen atoms in total. The molecule has 2 saturated heterocycles. The van der Waals surface area contributed by atoms with Crippen LogP contribution in [0.5, 0.6) is 0 Å². The number of hydrogen-bond acceptors (Lipinski definition) is 6. The van der Waals surface area contributed by atoms with Gasteiger partial charge in [0.05, 0.1) is 12.7 Å². The molecule has 0 bridgehead atoms. The van der Waals surface area contributed by atoms with Gasteiger partial charge in [-0.3, -0.25) is 19.3 Å². The summed E-state index contributed by atoms with van der Waals surface area (Å²) in [6, 6.07) is 8.04. The van der Waals surface area contributed by atoms with Crippen molar-refractivity contribution in [2.75, 3.05) is 13.1 Å². The van der Waals surface area contributed by atoms with Crippen molar-refractivity contribution in [3.05, 3.63) is 48.2 Å². The molecule has 32 heavy (non-hydrogen) atoms. The van der Waals surface area contributed by atoms with E-state index in [1.165, 1.54) is 11.2 Å². The van der Waals surface area contributed by atoms with Crippen LogP contribution in [-0.4, -0.2) is 59.6 Å². The molecule has 0 spiro atoms. The molecule has 3 heterocycles. The van der Waals surface area contributed by atoms with Crippen LogP contribution in [0, 0.1) is 0 Å². The van der Waals surface area contributed by atoms with Crippen LogP contribution >= 0.6 is 0 Å². The quantitative estimate of drug-likeness (QED) is 0.529. The van der Waals surface area contributed by atoms with E-state index in [9.17, 15) is 19.2 Å². The first-order chi connectivity index (χ1) is 15.5. The van der Waals surface area contributed by atoms with Crippen LogP contribution in [-0.2, 0) is 30.5 Å². The van der Waals surface area contributed by atoms with E-state index in [2.05, 4.69) is 16.0 Å². The Morgan fingerprint density at radius 1 is 1.25 bits per heavy atom. The lowest BCUT2D eigenvalue weighted by Gasteiger charge is -2.33. The first-order valence-electron chi connectivity index (χ1n) is 10.6. The van der Waals surface area contributed by atoms with Gasteiger partial charge in [-0.15, -0.1) is 0 Å². The maximum Gasteiger partial charge on any atom is 0.410 e. The summed E-state index contributed by atoms with van der Waals surface area (Å²) in [4.78, 5) is 50.9. The standard InChI is InChI=1S/C22H26N4O6/c27-18(24-16-13-23-19(16)28)12-22(9-5-11-32-22)25-20(29)17-8-4-10-26(17)21(30)31-14-15-6-2-1-3-7-15/h1-3,5-7,11,16-17H,4,8-10,12-14H2,(H,23,28)(H,24,27)(H,25,29)/t16?,17-,22?/m0/s1. The lowest BCUT2D eigenvalue weighted by molar-refractivity contribution is -0.140. The van der Waals surface area contributed by atoms with Crippen LogP contribution < -0.4 is 16.0 Å².